The van der Waals surface area contributed by atoms with Gasteiger partial charge in [0.25, 0.3) is 5.91 Å². The zero-order valence-corrected chi connectivity index (χ0v) is 27.7. The predicted octanol–water partition coefficient (Wildman–Crippen LogP) is 7.00. The van der Waals surface area contributed by atoms with Crippen LogP contribution in [-0.2, 0) is 22.6 Å². The number of aromatic nitrogens is 2. The topological polar surface area (TPSA) is 107 Å². The zero-order chi connectivity index (χ0) is 33.8. The molecule has 1 N–H and O–H groups in total. The largest absolute Gasteiger partial charge is 0.486 e. The van der Waals surface area contributed by atoms with E-state index >= 15 is 0 Å². The zero-order valence-electron chi connectivity index (χ0n) is 26.2. The maximum Gasteiger partial charge on any atom is 0.262 e. The number of piperidine rings is 1. The van der Waals surface area contributed by atoms with Gasteiger partial charge in [-0.15, -0.1) is 0 Å². The van der Waals surface area contributed by atoms with Crippen molar-refractivity contribution in [2.75, 3.05) is 26.8 Å². The first-order valence-electron chi connectivity index (χ1n) is 15.8. The summed E-state index contributed by atoms with van der Waals surface area (Å²) in [5.74, 6) is -1.85. The number of hydrogen-bond donors (Lipinski definition) is 1. The molecule has 0 unspecified atom stereocenters. The standard InChI is InChI=1S/C35H34Cl2F2N4O5/c1-46-14-2-3-21-15-26(28(36)18-41-21)34(44)43(22-6-7-22)35(45)27-17-40-13-12-25(27)20-4-8-23(9-5-20)47-19-24-16-31(42-48-24)32-29(38)10-11-30(39)33(32)37/h4-5,8-11,15-16,18,22,25,27,40H,2-3,6-7,12-14,17,19H2,1H3/t25-,27+/m1/s1. The van der Waals surface area contributed by atoms with Gasteiger partial charge in [-0.3, -0.25) is 19.5 Å². The lowest BCUT2D eigenvalue weighted by Gasteiger charge is -2.35. The van der Waals surface area contributed by atoms with E-state index < -0.39 is 23.5 Å². The van der Waals surface area contributed by atoms with Crippen LogP contribution in [0, 0.1) is 17.6 Å². The van der Waals surface area contributed by atoms with Crippen LogP contribution in [0.2, 0.25) is 10.0 Å². The van der Waals surface area contributed by atoms with Gasteiger partial charge in [-0.05, 0) is 80.5 Å². The van der Waals surface area contributed by atoms with Crippen LogP contribution in [0.4, 0.5) is 8.78 Å². The molecule has 2 fully saturated rings. The second-order valence-corrected chi connectivity index (χ2v) is 12.7. The van der Waals surface area contributed by atoms with E-state index in [9.17, 15) is 18.4 Å². The molecular weight excluding hydrogens is 665 g/mol. The van der Waals surface area contributed by atoms with E-state index in [1.807, 2.05) is 12.1 Å². The summed E-state index contributed by atoms with van der Waals surface area (Å²) in [5.41, 5.74) is 1.82. The molecule has 13 heteroatoms. The number of carbonyl (C=O) groups is 2. The van der Waals surface area contributed by atoms with E-state index in [1.165, 1.54) is 17.2 Å². The molecular formula is C35H34Cl2F2N4O5. The monoisotopic (exact) mass is 698 g/mol. The van der Waals surface area contributed by atoms with Crippen LogP contribution in [0.25, 0.3) is 11.3 Å². The van der Waals surface area contributed by atoms with Crippen LogP contribution in [0.15, 0.2) is 59.3 Å². The molecule has 1 saturated heterocycles. The number of pyridine rings is 1. The van der Waals surface area contributed by atoms with Crippen LogP contribution >= 0.6 is 23.2 Å². The molecule has 6 rings (SSSR count). The summed E-state index contributed by atoms with van der Waals surface area (Å²) in [6, 6.07) is 12.3. The molecule has 0 spiro atoms. The number of nitrogens with one attached hydrogen (secondary N) is 1. The molecule has 2 aromatic carbocycles. The Morgan fingerprint density at radius 2 is 1.83 bits per heavy atom. The summed E-state index contributed by atoms with van der Waals surface area (Å²) in [4.78, 5) is 33.8. The molecule has 48 heavy (non-hydrogen) atoms. The van der Waals surface area contributed by atoms with Crippen LogP contribution in [0.5, 0.6) is 5.75 Å². The molecule has 2 amide bonds. The Morgan fingerprint density at radius 1 is 1.06 bits per heavy atom. The van der Waals surface area contributed by atoms with Crippen molar-refractivity contribution in [1.29, 1.82) is 0 Å². The number of amides is 2. The highest BCUT2D eigenvalue weighted by Gasteiger charge is 2.44. The molecule has 0 bridgehead atoms. The smallest absolute Gasteiger partial charge is 0.262 e. The average molecular weight is 700 g/mol. The molecule has 1 aliphatic carbocycles. The lowest BCUT2D eigenvalue weighted by molar-refractivity contribution is -0.134. The van der Waals surface area contributed by atoms with E-state index in [4.69, 9.17) is 37.2 Å². The Balaban J connectivity index is 1.14. The third-order valence-electron chi connectivity index (χ3n) is 8.64. The molecule has 1 aliphatic heterocycles. The fourth-order valence-corrected chi connectivity index (χ4v) is 6.44. The first-order valence-corrected chi connectivity index (χ1v) is 16.5. The summed E-state index contributed by atoms with van der Waals surface area (Å²) in [5, 5.41) is 6.99. The number of carbonyl (C=O) groups excluding carboxylic acids is 2. The van der Waals surface area contributed by atoms with Gasteiger partial charge in [0.2, 0.25) is 5.91 Å². The molecule has 1 saturated carbocycles. The van der Waals surface area contributed by atoms with Crippen molar-refractivity contribution >= 4 is 35.0 Å². The summed E-state index contributed by atoms with van der Waals surface area (Å²) in [7, 11) is 1.63. The normalized spacial score (nSPS) is 17.7. The van der Waals surface area contributed by atoms with Crippen LogP contribution in [0.1, 0.15) is 59.0 Å². The van der Waals surface area contributed by atoms with E-state index in [2.05, 4.69) is 15.5 Å². The number of nitrogens with zero attached hydrogens (tertiary/aromatic N) is 3. The minimum Gasteiger partial charge on any atom is -0.486 e. The number of methoxy groups -OCH3 is 1. The summed E-state index contributed by atoms with van der Waals surface area (Å²) in [6.07, 6.45) is 5.08. The maximum absolute atomic E-state index is 14.3. The van der Waals surface area contributed by atoms with Gasteiger partial charge < -0.3 is 19.3 Å². The van der Waals surface area contributed by atoms with E-state index in [0.29, 0.717) is 37.5 Å². The Morgan fingerprint density at radius 3 is 2.58 bits per heavy atom. The van der Waals surface area contributed by atoms with E-state index in [1.54, 1.807) is 25.3 Å². The number of ether oxygens (including phenoxy) is 2. The summed E-state index contributed by atoms with van der Waals surface area (Å²) in [6.45, 7) is 1.73. The minimum atomic E-state index is -0.764. The third kappa shape index (κ3) is 7.54. The second kappa shape index (κ2) is 15.1. The van der Waals surface area contributed by atoms with Gasteiger partial charge in [0.05, 0.1) is 27.1 Å². The lowest BCUT2D eigenvalue weighted by Crippen LogP contribution is -2.49. The fraction of sp³-hybridized carbons (Fsp3) is 0.371. The highest BCUT2D eigenvalue weighted by atomic mass is 35.5. The number of benzene rings is 2. The molecule has 252 valence electrons. The molecule has 3 heterocycles. The summed E-state index contributed by atoms with van der Waals surface area (Å²) >= 11 is 12.4. The number of hydrogen-bond acceptors (Lipinski definition) is 8. The van der Waals surface area contributed by atoms with Crippen LogP contribution in [-0.4, -0.2) is 59.7 Å². The van der Waals surface area contributed by atoms with Crippen molar-refractivity contribution < 1.29 is 32.4 Å². The molecule has 0 radical (unpaired) electrons. The second-order valence-electron chi connectivity index (χ2n) is 12.0. The van der Waals surface area contributed by atoms with E-state index in [0.717, 1.165) is 49.2 Å². The predicted molar refractivity (Wildman–Crippen MR) is 175 cm³/mol. The van der Waals surface area contributed by atoms with E-state index in [-0.39, 0.29) is 51.3 Å². The Kier molecular flexibility index (Phi) is 10.7. The summed E-state index contributed by atoms with van der Waals surface area (Å²) < 4.78 is 44.4. The van der Waals surface area contributed by atoms with Gasteiger partial charge in [0.15, 0.2) is 5.76 Å². The lowest BCUT2D eigenvalue weighted by atomic mass is 9.80. The number of rotatable bonds is 12. The Hall–Kier alpha value is -3.90. The van der Waals surface area contributed by atoms with Crippen molar-refractivity contribution in [3.8, 4) is 17.0 Å². The van der Waals surface area contributed by atoms with Crippen molar-refractivity contribution in [1.82, 2.24) is 20.4 Å². The molecule has 2 atom stereocenters. The average Bonchev–Trinajstić information content (AvgIpc) is 3.82. The van der Waals surface area contributed by atoms with Gasteiger partial charge in [-0.2, -0.15) is 0 Å². The fourth-order valence-electron chi connectivity index (χ4n) is 6.01. The minimum absolute atomic E-state index is 0.0144. The van der Waals surface area contributed by atoms with Crippen molar-refractivity contribution in [3.05, 3.63) is 99.0 Å². The molecule has 9 nitrogen and oxygen atoms in total. The Labute approximate surface area is 286 Å². The maximum atomic E-state index is 14.3. The van der Waals surface area contributed by atoms with Gasteiger partial charge in [0.1, 0.15) is 29.7 Å². The van der Waals surface area contributed by atoms with Gasteiger partial charge in [-0.25, -0.2) is 8.78 Å². The quantitative estimate of drug-likeness (QED) is 0.0958. The van der Waals surface area contributed by atoms with Crippen molar-refractivity contribution in [3.63, 3.8) is 0 Å². The van der Waals surface area contributed by atoms with Crippen LogP contribution < -0.4 is 10.1 Å². The Bertz CT molecular complexity index is 1780. The van der Waals surface area contributed by atoms with Gasteiger partial charge >= 0.3 is 0 Å². The van der Waals surface area contributed by atoms with Crippen molar-refractivity contribution in [2.45, 2.75) is 50.7 Å². The number of imide groups is 1. The van der Waals surface area contributed by atoms with Gasteiger partial charge in [-0.1, -0.05) is 40.5 Å². The first-order chi connectivity index (χ1) is 23.2. The van der Waals surface area contributed by atoms with Crippen LogP contribution in [0.3, 0.4) is 0 Å². The molecule has 2 aromatic heterocycles. The first kappa shape index (κ1) is 34.0. The number of halogens is 4. The third-order valence-corrected chi connectivity index (χ3v) is 9.31. The highest BCUT2D eigenvalue weighted by molar-refractivity contribution is 6.34. The highest BCUT2D eigenvalue weighted by Crippen LogP contribution is 2.38. The number of aryl methyl sites for hydroxylation is 1. The molecule has 2 aliphatic rings. The van der Waals surface area contributed by atoms with Crippen molar-refractivity contribution in [2.24, 2.45) is 5.92 Å². The molecule has 4 aromatic rings. The van der Waals surface area contributed by atoms with Gasteiger partial charge in [0, 0.05) is 44.3 Å². The SMILES string of the molecule is COCCCc1cc(C(=O)N(C(=O)[C@H]2CNCC[C@@H]2c2ccc(OCc3cc(-c4c(F)ccc(F)c4Cl)no3)cc2)C2CC2)c(Cl)cn1.